The Kier molecular flexibility index (Phi) is 6.30. The van der Waals surface area contributed by atoms with Gasteiger partial charge in [-0.2, -0.15) is 0 Å². The number of nitrogens with one attached hydrogen (secondary N) is 1. The topological polar surface area (TPSA) is 70.5 Å². The molecule has 0 saturated carbocycles. The first-order valence-electron chi connectivity index (χ1n) is 8.59. The summed E-state index contributed by atoms with van der Waals surface area (Å²) in [4.78, 5) is 10.6. The van der Waals surface area contributed by atoms with Gasteiger partial charge >= 0.3 is 0 Å². The van der Waals surface area contributed by atoms with Gasteiger partial charge in [0.2, 0.25) is 0 Å². The van der Waals surface area contributed by atoms with Crippen LogP contribution in [0.3, 0.4) is 0 Å². The van der Waals surface area contributed by atoms with Crippen molar-refractivity contribution in [2.75, 3.05) is 49.7 Å². The van der Waals surface area contributed by atoms with E-state index in [1.807, 2.05) is 6.07 Å². The maximum atomic E-state index is 13.3. The summed E-state index contributed by atoms with van der Waals surface area (Å²) in [5.74, 6) is -0.416. The fourth-order valence-corrected chi connectivity index (χ4v) is 2.86. The lowest BCUT2D eigenvalue weighted by molar-refractivity contribution is 0.122. The summed E-state index contributed by atoms with van der Waals surface area (Å²) in [7, 11) is 0. The van der Waals surface area contributed by atoms with Gasteiger partial charge in [0.25, 0.3) is 0 Å². The summed E-state index contributed by atoms with van der Waals surface area (Å²) in [6, 6.07) is 5.66. The molecule has 3 rings (SSSR count). The van der Waals surface area contributed by atoms with Gasteiger partial charge < -0.3 is 20.1 Å². The SMILES string of the molecule is OCC(CNc1cc(N2CCOCC2)ncn1)Cc1ccc(F)c(F)c1. The Morgan fingerprint density at radius 2 is 1.96 bits per heavy atom. The summed E-state index contributed by atoms with van der Waals surface area (Å²) < 4.78 is 31.7. The highest BCUT2D eigenvalue weighted by Gasteiger charge is 2.14. The van der Waals surface area contributed by atoms with Gasteiger partial charge in [-0.1, -0.05) is 6.07 Å². The first kappa shape index (κ1) is 18.5. The molecule has 0 spiro atoms. The van der Waals surface area contributed by atoms with Crippen molar-refractivity contribution in [3.63, 3.8) is 0 Å². The molecule has 1 saturated heterocycles. The van der Waals surface area contributed by atoms with Gasteiger partial charge in [-0.15, -0.1) is 0 Å². The zero-order valence-electron chi connectivity index (χ0n) is 14.4. The van der Waals surface area contributed by atoms with E-state index in [4.69, 9.17) is 4.74 Å². The lowest BCUT2D eigenvalue weighted by Gasteiger charge is -2.27. The van der Waals surface area contributed by atoms with Gasteiger partial charge in [0.05, 0.1) is 13.2 Å². The molecule has 0 amide bonds. The van der Waals surface area contributed by atoms with Crippen molar-refractivity contribution in [3.05, 3.63) is 47.8 Å². The third-order valence-corrected chi connectivity index (χ3v) is 4.33. The van der Waals surface area contributed by atoms with Crippen LogP contribution in [0.15, 0.2) is 30.6 Å². The number of rotatable bonds is 7. The number of hydrogen-bond donors (Lipinski definition) is 2. The third-order valence-electron chi connectivity index (χ3n) is 4.33. The first-order chi connectivity index (χ1) is 12.7. The van der Waals surface area contributed by atoms with Gasteiger partial charge in [-0.3, -0.25) is 0 Å². The van der Waals surface area contributed by atoms with Crippen LogP contribution in [0, 0.1) is 17.6 Å². The number of nitrogens with zero attached hydrogens (tertiary/aromatic N) is 3. The van der Waals surface area contributed by atoms with Crippen LogP contribution in [-0.4, -0.2) is 54.5 Å². The molecule has 140 valence electrons. The monoisotopic (exact) mass is 364 g/mol. The van der Waals surface area contributed by atoms with Crippen molar-refractivity contribution in [3.8, 4) is 0 Å². The van der Waals surface area contributed by atoms with E-state index in [2.05, 4.69) is 20.2 Å². The highest BCUT2D eigenvalue weighted by Crippen LogP contribution is 2.17. The van der Waals surface area contributed by atoms with E-state index < -0.39 is 11.6 Å². The Morgan fingerprint density at radius 1 is 1.15 bits per heavy atom. The second kappa shape index (κ2) is 8.86. The predicted octanol–water partition coefficient (Wildman–Crippen LogP) is 1.85. The van der Waals surface area contributed by atoms with E-state index in [-0.39, 0.29) is 12.5 Å². The molecule has 2 heterocycles. The average Bonchev–Trinajstić information content (AvgIpc) is 2.69. The van der Waals surface area contributed by atoms with Crippen LogP contribution in [-0.2, 0) is 11.2 Å². The number of hydrogen-bond acceptors (Lipinski definition) is 6. The largest absolute Gasteiger partial charge is 0.396 e. The van der Waals surface area contributed by atoms with E-state index in [0.717, 1.165) is 25.0 Å². The Bertz CT molecular complexity index is 726. The molecule has 2 aromatic rings. The first-order valence-corrected chi connectivity index (χ1v) is 8.59. The molecule has 2 N–H and O–H groups in total. The Labute approximate surface area is 150 Å². The molecule has 1 fully saturated rings. The lowest BCUT2D eigenvalue weighted by atomic mass is 10.00. The molecule has 8 heteroatoms. The number of benzene rings is 1. The number of ether oxygens (including phenoxy) is 1. The zero-order chi connectivity index (χ0) is 18.4. The maximum Gasteiger partial charge on any atom is 0.159 e. The lowest BCUT2D eigenvalue weighted by Crippen LogP contribution is -2.36. The molecule has 1 unspecified atom stereocenters. The van der Waals surface area contributed by atoms with E-state index >= 15 is 0 Å². The zero-order valence-corrected chi connectivity index (χ0v) is 14.4. The molecule has 0 radical (unpaired) electrons. The molecule has 0 aliphatic carbocycles. The van der Waals surface area contributed by atoms with Crippen molar-refractivity contribution in [2.45, 2.75) is 6.42 Å². The highest BCUT2D eigenvalue weighted by atomic mass is 19.2. The summed E-state index contributed by atoms with van der Waals surface area (Å²) in [5.41, 5.74) is 0.640. The van der Waals surface area contributed by atoms with Crippen molar-refractivity contribution < 1.29 is 18.6 Å². The van der Waals surface area contributed by atoms with Crippen LogP contribution in [0.2, 0.25) is 0 Å². The van der Waals surface area contributed by atoms with Crippen molar-refractivity contribution in [2.24, 2.45) is 5.92 Å². The number of aliphatic hydroxyl groups excluding tert-OH is 1. The van der Waals surface area contributed by atoms with Gasteiger partial charge in [0.15, 0.2) is 11.6 Å². The van der Waals surface area contributed by atoms with E-state index in [9.17, 15) is 13.9 Å². The van der Waals surface area contributed by atoms with Crippen molar-refractivity contribution in [1.29, 1.82) is 0 Å². The predicted molar refractivity (Wildman–Crippen MR) is 94.2 cm³/mol. The molecule has 1 aromatic heterocycles. The van der Waals surface area contributed by atoms with Crippen LogP contribution >= 0.6 is 0 Å². The molecule has 1 atom stereocenters. The highest BCUT2D eigenvalue weighted by molar-refractivity contribution is 5.48. The fraction of sp³-hybridized carbons (Fsp3) is 0.444. The minimum absolute atomic E-state index is 0.0760. The smallest absolute Gasteiger partial charge is 0.159 e. The number of aromatic nitrogens is 2. The number of aliphatic hydroxyl groups is 1. The van der Waals surface area contributed by atoms with Gasteiger partial charge in [-0.05, 0) is 24.1 Å². The van der Waals surface area contributed by atoms with Crippen LogP contribution in [0.1, 0.15) is 5.56 Å². The molecular weight excluding hydrogens is 342 g/mol. The van der Waals surface area contributed by atoms with Crippen LogP contribution in [0.4, 0.5) is 20.4 Å². The second-order valence-electron chi connectivity index (χ2n) is 6.24. The third kappa shape index (κ3) is 4.86. The van der Waals surface area contributed by atoms with E-state index in [0.29, 0.717) is 37.6 Å². The van der Waals surface area contributed by atoms with Crippen molar-refractivity contribution >= 4 is 11.6 Å². The molecule has 1 aliphatic heterocycles. The molecular formula is C18H22F2N4O2. The van der Waals surface area contributed by atoms with Gasteiger partial charge in [0, 0.05) is 38.2 Å². The summed E-state index contributed by atoms with van der Waals surface area (Å²) in [5, 5.41) is 12.8. The van der Waals surface area contributed by atoms with Gasteiger partial charge in [-0.25, -0.2) is 18.7 Å². The second-order valence-corrected chi connectivity index (χ2v) is 6.24. The van der Waals surface area contributed by atoms with Crippen LogP contribution < -0.4 is 10.2 Å². The fourth-order valence-electron chi connectivity index (χ4n) is 2.86. The molecule has 1 aliphatic rings. The van der Waals surface area contributed by atoms with E-state index in [1.54, 1.807) is 0 Å². The van der Waals surface area contributed by atoms with Gasteiger partial charge in [0.1, 0.15) is 18.0 Å². The number of anilines is 2. The minimum atomic E-state index is -0.877. The maximum absolute atomic E-state index is 13.3. The molecule has 6 nitrogen and oxygen atoms in total. The molecule has 0 bridgehead atoms. The minimum Gasteiger partial charge on any atom is -0.396 e. The normalized spacial score (nSPS) is 15.7. The van der Waals surface area contributed by atoms with Crippen molar-refractivity contribution in [1.82, 2.24) is 9.97 Å². The quantitative estimate of drug-likeness (QED) is 0.782. The van der Waals surface area contributed by atoms with Crippen LogP contribution in [0.5, 0.6) is 0 Å². The molecule has 26 heavy (non-hydrogen) atoms. The number of halogens is 2. The summed E-state index contributed by atoms with van der Waals surface area (Å²) in [6.07, 6.45) is 1.93. The average molecular weight is 364 g/mol. The summed E-state index contributed by atoms with van der Waals surface area (Å²) in [6.45, 7) is 3.29. The Morgan fingerprint density at radius 3 is 2.69 bits per heavy atom. The summed E-state index contributed by atoms with van der Waals surface area (Å²) >= 11 is 0. The standard InChI is InChI=1S/C18H22F2N4O2/c19-15-2-1-13(8-16(15)20)7-14(11-25)10-21-17-9-18(23-12-22-17)24-3-5-26-6-4-24/h1-2,8-9,12,14,25H,3-7,10-11H2,(H,21,22,23). The Hall–Kier alpha value is -2.32. The van der Waals surface area contributed by atoms with Crippen LogP contribution in [0.25, 0.3) is 0 Å². The Balaban J connectivity index is 1.58. The number of morpholine rings is 1. The molecule has 1 aromatic carbocycles. The van der Waals surface area contributed by atoms with E-state index in [1.165, 1.54) is 18.5 Å².